The molecule has 0 aliphatic rings. The number of hydrogen-bond acceptors (Lipinski definition) is 10. The van der Waals surface area contributed by atoms with Gasteiger partial charge in [-0.2, -0.15) is 0 Å². The van der Waals surface area contributed by atoms with Crippen LogP contribution in [0.25, 0.3) is 22.4 Å². The van der Waals surface area contributed by atoms with Crippen molar-refractivity contribution in [2.24, 2.45) is 0 Å². The van der Waals surface area contributed by atoms with Crippen molar-refractivity contribution < 1.29 is 14.2 Å². The fourth-order valence-electron chi connectivity index (χ4n) is 3.49. The first-order chi connectivity index (χ1) is 16.4. The number of nitro groups is 1. The minimum absolute atomic E-state index is 0.0526. The van der Waals surface area contributed by atoms with Crippen LogP contribution in [0.3, 0.4) is 0 Å². The number of nitro benzene ring substituents is 1. The summed E-state index contributed by atoms with van der Waals surface area (Å²) in [4.78, 5) is 24.1. The van der Waals surface area contributed by atoms with Gasteiger partial charge in [0.25, 0.3) is 5.69 Å². The molecule has 0 saturated carbocycles. The molecule has 0 aliphatic heterocycles. The molecule has 4 aromatic rings. The van der Waals surface area contributed by atoms with Crippen molar-refractivity contribution in [3.05, 3.63) is 58.8 Å². The Kier molecular flexibility index (Phi) is 6.55. The molecule has 0 atom stereocenters. The van der Waals surface area contributed by atoms with E-state index in [-0.39, 0.29) is 11.6 Å². The molecule has 0 saturated heterocycles. The van der Waals surface area contributed by atoms with E-state index in [4.69, 9.17) is 9.26 Å². The molecule has 0 spiro atoms. The number of methoxy groups -OCH3 is 1. The van der Waals surface area contributed by atoms with E-state index < -0.39 is 4.92 Å². The number of rotatable bonds is 9. The van der Waals surface area contributed by atoms with Crippen molar-refractivity contribution in [1.82, 2.24) is 20.0 Å². The molecule has 34 heavy (non-hydrogen) atoms. The van der Waals surface area contributed by atoms with Gasteiger partial charge < -0.3 is 24.4 Å². The first kappa shape index (κ1) is 22.9. The number of hydrogen-bond donors (Lipinski definition) is 1. The van der Waals surface area contributed by atoms with Gasteiger partial charge in [-0.15, -0.1) is 0 Å². The molecule has 0 unspecified atom stereocenters. The lowest BCUT2D eigenvalue weighted by Crippen LogP contribution is -2.28. The molecule has 0 radical (unpaired) electrons. The smallest absolute Gasteiger partial charge is 0.294 e. The van der Waals surface area contributed by atoms with Crippen molar-refractivity contribution in [3.63, 3.8) is 0 Å². The van der Waals surface area contributed by atoms with E-state index >= 15 is 0 Å². The normalized spacial score (nSPS) is 11.1. The zero-order chi connectivity index (χ0) is 24.2. The van der Waals surface area contributed by atoms with Crippen LogP contribution in [0.5, 0.6) is 5.75 Å². The second-order valence-electron chi connectivity index (χ2n) is 7.94. The Labute approximate surface area is 196 Å². The Morgan fingerprint density at radius 1 is 1.15 bits per heavy atom. The predicted molar refractivity (Wildman–Crippen MR) is 130 cm³/mol. The topological polar surface area (TPSA) is 123 Å². The highest BCUT2D eigenvalue weighted by molar-refractivity contribution is 5.90. The minimum atomic E-state index is -0.412. The number of anilines is 3. The molecular weight excluding hydrogens is 438 g/mol. The minimum Gasteiger partial charge on any atom is -0.494 e. The lowest BCUT2D eigenvalue weighted by atomic mass is 10.2. The Morgan fingerprint density at radius 2 is 1.94 bits per heavy atom. The van der Waals surface area contributed by atoms with Crippen LogP contribution in [-0.2, 0) is 0 Å². The fraction of sp³-hybridized carbons (Fsp3) is 0.261. The maximum absolute atomic E-state index is 11.9. The average molecular weight is 463 g/mol. The number of nitrogens with one attached hydrogen (secondary N) is 1. The number of likely N-dealkylation sites (N-methyl/N-ethyl adjacent to an activating group) is 2. The number of fused-ring (bicyclic) bond motifs is 1. The van der Waals surface area contributed by atoms with E-state index in [1.807, 2.05) is 55.2 Å². The average Bonchev–Trinajstić information content (AvgIpc) is 3.26. The SMILES string of the molecule is COc1cc(N(C)CCN(C)C)c([N+](=O)[O-])cc1Nc1nccc(-c2noc3ccccc23)n1. The molecular formula is C23H25N7O4. The first-order valence-corrected chi connectivity index (χ1v) is 10.5. The van der Waals surface area contributed by atoms with Crippen LogP contribution in [0.4, 0.5) is 23.0 Å². The predicted octanol–water partition coefficient (Wildman–Crippen LogP) is 3.94. The molecule has 0 fully saturated rings. The molecule has 2 heterocycles. The summed E-state index contributed by atoms with van der Waals surface area (Å²) in [6.07, 6.45) is 1.58. The number of para-hydroxylation sites is 1. The molecule has 1 N–H and O–H groups in total. The number of benzene rings is 2. The van der Waals surface area contributed by atoms with Gasteiger partial charge in [-0.1, -0.05) is 17.3 Å². The third-order valence-electron chi connectivity index (χ3n) is 5.31. The molecule has 0 amide bonds. The summed E-state index contributed by atoms with van der Waals surface area (Å²) < 4.78 is 10.9. The monoisotopic (exact) mass is 463 g/mol. The highest BCUT2D eigenvalue weighted by atomic mass is 16.6. The molecule has 0 bridgehead atoms. The van der Waals surface area contributed by atoms with E-state index in [1.165, 1.54) is 13.2 Å². The maximum atomic E-state index is 11.9. The van der Waals surface area contributed by atoms with E-state index in [1.54, 1.807) is 18.3 Å². The summed E-state index contributed by atoms with van der Waals surface area (Å²) in [6.45, 7) is 1.36. The zero-order valence-corrected chi connectivity index (χ0v) is 19.3. The van der Waals surface area contributed by atoms with Crippen molar-refractivity contribution in [1.29, 1.82) is 0 Å². The second kappa shape index (κ2) is 9.71. The third-order valence-corrected chi connectivity index (χ3v) is 5.31. The van der Waals surface area contributed by atoms with Gasteiger partial charge in [-0.25, -0.2) is 9.97 Å². The summed E-state index contributed by atoms with van der Waals surface area (Å²) in [7, 11) is 7.22. The summed E-state index contributed by atoms with van der Waals surface area (Å²) in [5.74, 6) is 0.670. The zero-order valence-electron chi connectivity index (χ0n) is 19.3. The number of ether oxygens (including phenoxy) is 1. The summed E-state index contributed by atoms with van der Waals surface area (Å²) in [5.41, 5.74) is 2.56. The quantitative estimate of drug-likeness (QED) is 0.288. The van der Waals surface area contributed by atoms with Crippen molar-refractivity contribution in [3.8, 4) is 17.1 Å². The van der Waals surface area contributed by atoms with E-state index in [9.17, 15) is 10.1 Å². The Morgan fingerprint density at radius 3 is 2.68 bits per heavy atom. The molecule has 11 heteroatoms. The second-order valence-corrected chi connectivity index (χ2v) is 7.94. The lowest BCUT2D eigenvalue weighted by Gasteiger charge is -2.22. The Hall–Kier alpha value is -4.25. The first-order valence-electron chi connectivity index (χ1n) is 10.5. The highest BCUT2D eigenvalue weighted by Gasteiger charge is 2.22. The van der Waals surface area contributed by atoms with Crippen LogP contribution in [0.15, 0.2) is 53.2 Å². The largest absolute Gasteiger partial charge is 0.494 e. The van der Waals surface area contributed by atoms with Gasteiger partial charge in [-0.3, -0.25) is 10.1 Å². The lowest BCUT2D eigenvalue weighted by molar-refractivity contribution is -0.384. The van der Waals surface area contributed by atoms with E-state index in [0.29, 0.717) is 40.6 Å². The third kappa shape index (κ3) is 4.74. The van der Waals surface area contributed by atoms with Crippen LogP contribution in [-0.4, -0.2) is 66.3 Å². The van der Waals surface area contributed by atoms with Gasteiger partial charge in [0.05, 0.1) is 28.8 Å². The van der Waals surface area contributed by atoms with E-state index in [0.717, 1.165) is 11.9 Å². The summed E-state index contributed by atoms with van der Waals surface area (Å²) >= 11 is 0. The highest BCUT2D eigenvalue weighted by Crippen LogP contribution is 2.39. The Bertz CT molecular complexity index is 1320. The Balaban J connectivity index is 1.68. The molecule has 2 aromatic carbocycles. The molecule has 4 rings (SSSR count). The van der Waals surface area contributed by atoms with Gasteiger partial charge in [0.15, 0.2) is 5.58 Å². The van der Waals surface area contributed by atoms with Gasteiger partial charge >= 0.3 is 0 Å². The van der Waals surface area contributed by atoms with Gasteiger partial charge in [0.2, 0.25) is 5.95 Å². The number of nitrogens with zero attached hydrogens (tertiary/aromatic N) is 6. The molecule has 176 valence electrons. The van der Waals surface area contributed by atoms with Crippen molar-refractivity contribution in [2.45, 2.75) is 0 Å². The van der Waals surface area contributed by atoms with Crippen molar-refractivity contribution in [2.75, 3.05) is 51.6 Å². The maximum Gasteiger partial charge on any atom is 0.294 e. The van der Waals surface area contributed by atoms with Gasteiger partial charge in [-0.05, 0) is 32.3 Å². The number of aromatic nitrogens is 3. The van der Waals surface area contributed by atoms with Gasteiger partial charge in [0.1, 0.15) is 17.1 Å². The van der Waals surface area contributed by atoms with Crippen LogP contribution in [0.1, 0.15) is 0 Å². The molecule has 2 aromatic heterocycles. The molecule has 11 nitrogen and oxygen atoms in total. The standard InChI is InChI=1S/C23H25N7O4/c1-28(2)11-12-29(3)18-14-21(33-4)17(13-19(18)30(31)32)26-23-24-10-9-16(25-23)22-15-7-5-6-8-20(15)34-27-22/h5-10,13-14H,11-12H2,1-4H3,(H,24,25,26). The van der Waals surface area contributed by atoms with Gasteiger partial charge in [0, 0.05) is 38.5 Å². The fourth-order valence-corrected chi connectivity index (χ4v) is 3.49. The molecule has 0 aliphatic carbocycles. The summed E-state index contributed by atoms with van der Waals surface area (Å²) in [5, 5.41) is 19.9. The summed E-state index contributed by atoms with van der Waals surface area (Å²) in [6, 6.07) is 12.3. The van der Waals surface area contributed by atoms with Crippen molar-refractivity contribution >= 4 is 34.0 Å². The van der Waals surface area contributed by atoms with Crippen LogP contribution in [0.2, 0.25) is 0 Å². The van der Waals surface area contributed by atoms with Crippen LogP contribution >= 0.6 is 0 Å². The van der Waals surface area contributed by atoms with E-state index in [2.05, 4.69) is 20.4 Å². The van der Waals surface area contributed by atoms with Crippen LogP contribution < -0.4 is 15.0 Å². The van der Waals surface area contributed by atoms with Crippen LogP contribution in [0, 0.1) is 10.1 Å².